The van der Waals surface area contributed by atoms with Crippen molar-refractivity contribution >= 4 is 71.0 Å². The summed E-state index contributed by atoms with van der Waals surface area (Å²) in [6.45, 7) is 9.68. The summed E-state index contributed by atoms with van der Waals surface area (Å²) in [7, 11) is 0. The number of hydrogen-bond acceptors (Lipinski definition) is 15. The minimum Gasteiger partial charge on any atom is -0.481 e. The summed E-state index contributed by atoms with van der Waals surface area (Å²) >= 11 is 1.37. The lowest BCUT2D eigenvalue weighted by atomic mass is 10.0. The monoisotopic (exact) mass is 1050 g/mol. The molecule has 1 heterocycles. The number of aliphatic hydroxyl groups excluding tert-OH is 2. The SMILES string of the molecule is CSCC[C@H](NC(=O)[C@@H](NC(=O)[C@@H](NC(=O)[C@@H](NC(=O)[C@H](CCCCN)NC(=O)[C@H](CC(=O)O)NC(=O)[C@H](Cc1ccccc1)NC(=O)[C@@H]1CCCN1C(=O)[C@@H](N)CC(C)C)[C@@H](C)O)[C@@H](C)O)C(C)C)C(=O)O. The summed E-state index contributed by atoms with van der Waals surface area (Å²) in [5, 5.41) is 57.8. The summed E-state index contributed by atoms with van der Waals surface area (Å²) in [5.74, 6) is -10.2. The molecule has 24 nitrogen and oxygen atoms in total. The van der Waals surface area contributed by atoms with Crippen LogP contribution in [0.3, 0.4) is 0 Å². The van der Waals surface area contributed by atoms with Gasteiger partial charge in [-0.15, -0.1) is 0 Å². The third kappa shape index (κ3) is 21.2. The van der Waals surface area contributed by atoms with Gasteiger partial charge in [-0.25, -0.2) is 4.79 Å². The van der Waals surface area contributed by atoms with Crippen molar-refractivity contribution in [3.8, 4) is 0 Å². The van der Waals surface area contributed by atoms with Crippen LogP contribution in [0.15, 0.2) is 30.3 Å². The molecular formula is C48H78N10O14S. The summed E-state index contributed by atoms with van der Waals surface area (Å²) in [6, 6.07) is -4.31. The van der Waals surface area contributed by atoms with Crippen LogP contribution >= 0.6 is 11.8 Å². The number of nitrogens with zero attached hydrogens (tertiary/aromatic N) is 1. The van der Waals surface area contributed by atoms with Crippen LogP contribution in [0.5, 0.6) is 0 Å². The van der Waals surface area contributed by atoms with Crippen LogP contribution in [0.1, 0.15) is 98.5 Å². The molecule has 1 saturated heterocycles. The summed E-state index contributed by atoms with van der Waals surface area (Å²) in [4.78, 5) is 135. The largest absolute Gasteiger partial charge is 0.481 e. The van der Waals surface area contributed by atoms with Crippen molar-refractivity contribution in [3.63, 3.8) is 0 Å². The minimum atomic E-state index is -1.85. The van der Waals surface area contributed by atoms with Gasteiger partial charge < -0.3 is 74.0 Å². The molecule has 1 fully saturated rings. The number of unbranched alkanes of at least 4 members (excludes halogenated alkanes) is 1. The van der Waals surface area contributed by atoms with Crippen molar-refractivity contribution in [2.24, 2.45) is 23.3 Å². The lowest BCUT2D eigenvalue weighted by Crippen LogP contribution is -2.63. The van der Waals surface area contributed by atoms with Gasteiger partial charge in [0.1, 0.15) is 48.3 Å². The molecule has 0 saturated carbocycles. The number of carbonyl (C=O) groups is 10. The van der Waals surface area contributed by atoms with Crippen molar-refractivity contribution < 1.29 is 68.4 Å². The fraction of sp³-hybridized carbons (Fsp3) is 0.667. The summed E-state index contributed by atoms with van der Waals surface area (Å²) in [5.41, 5.74) is 12.5. The van der Waals surface area contributed by atoms with Crippen molar-refractivity contribution in [2.45, 2.75) is 166 Å². The summed E-state index contributed by atoms with van der Waals surface area (Å²) in [6.07, 6.45) is -0.963. The number of rotatable bonds is 32. The van der Waals surface area contributed by atoms with Crippen LogP contribution in [0.2, 0.25) is 0 Å². The Morgan fingerprint density at radius 2 is 1.19 bits per heavy atom. The van der Waals surface area contributed by atoms with E-state index in [0.717, 1.165) is 13.8 Å². The molecule has 1 aromatic rings. The number of nitrogens with two attached hydrogens (primary N) is 2. The lowest BCUT2D eigenvalue weighted by Gasteiger charge is -2.30. The van der Waals surface area contributed by atoms with Gasteiger partial charge in [-0.2, -0.15) is 11.8 Å². The van der Waals surface area contributed by atoms with Crippen LogP contribution in [-0.2, 0) is 54.4 Å². The number of carboxylic acid groups (broad SMARTS) is 2. The smallest absolute Gasteiger partial charge is 0.326 e. The van der Waals surface area contributed by atoms with Gasteiger partial charge in [0.05, 0.1) is 24.7 Å². The Morgan fingerprint density at radius 3 is 1.71 bits per heavy atom. The van der Waals surface area contributed by atoms with Gasteiger partial charge in [-0.1, -0.05) is 58.0 Å². The molecule has 0 bridgehead atoms. The van der Waals surface area contributed by atoms with Gasteiger partial charge in [0.25, 0.3) is 0 Å². The molecule has 1 aliphatic heterocycles. The molecule has 1 aliphatic rings. The third-order valence-electron chi connectivity index (χ3n) is 12.0. The topological polar surface area (TPSA) is 391 Å². The maximum Gasteiger partial charge on any atom is 0.326 e. The van der Waals surface area contributed by atoms with Gasteiger partial charge in [0.15, 0.2) is 0 Å². The number of hydrogen-bond donors (Lipinski definition) is 13. The number of carboxylic acids is 2. The molecule has 410 valence electrons. The fourth-order valence-electron chi connectivity index (χ4n) is 7.98. The van der Waals surface area contributed by atoms with E-state index in [1.54, 1.807) is 50.4 Å². The number of amides is 8. The van der Waals surface area contributed by atoms with Crippen molar-refractivity contribution in [1.82, 2.24) is 42.1 Å². The molecule has 0 spiro atoms. The van der Waals surface area contributed by atoms with Crippen LogP contribution in [0.4, 0.5) is 0 Å². The zero-order valence-corrected chi connectivity index (χ0v) is 43.6. The second kappa shape index (κ2) is 31.6. The number of likely N-dealkylation sites (tertiary alicyclic amines) is 1. The first-order chi connectivity index (χ1) is 34.3. The standard InChI is InChI=1S/C48H78N10O14S/c1-25(2)22-30(50)47(70)58-20-13-17-35(58)43(66)54-33(23-29-14-9-8-10-15-29)41(64)53-34(24-36(61)62)42(65)51-31(16-11-12-19-49)40(63)56-38(27(5)59)46(69)57-39(28(6)60)45(68)55-37(26(3)4)44(67)52-32(48(71)72)18-21-73-7/h8-10,14-15,25-28,30-35,37-39,59-60H,11-13,16-24,49-50H2,1-7H3,(H,51,65)(H,52,67)(H,53,64)(H,54,66)(H,55,68)(H,56,63)(H,57,69)(H,61,62)(H,71,72)/t27-,28-,30+,31+,32+,33+,34+,35+,37+,38+,39+/m1/s1. The van der Waals surface area contributed by atoms with E-state index in [1.807, 2.05) is 13.8 Å². The Kier molecular flexibility index (Phi) is 27.4. The molecule has 2 rings (SSSR count). The molecule has 11 atom stereocenters. The molecule has 15 N–H and O–H groups in total. The van der Waals surface area contributed by atoms with E-state index in [2.05, 4.69) is 37.2 Å². The Labute approximate surface area is 430 Å². The molecule has 73 heavy (non-hydrogen) atoms. The molecule has 1 aromatic carbocycles. The lowest BCUT2D eigenvalue weighted by molar-refractivity contribution is -0.143. The molecular weight excluding hydrogens is 973 g/mol. The van der Waals surface area contributed by atoms with Gasteiger partial charge in [-0.05, 0) is 94.7 Å². The number of aliphatic carboxylic acids is 2. The van der Waals surface area contributed by atoms with Crippen molar-refractivity contribution in [1.29, 1.82) is 0 Å². The van der Waals surface area contributed by atoms with E-state index < -0.39 is 138 Å². The molecule has 0 unspecified atom stereocenters. The highest BCUT2D eigenvalue weighted by Gasteiger charge is 2.40. The first-order valence-electron chi connectivity index (χ1n) is 24.5. The maximum absolute atomic E-state index is 14.1. The molecule has 25 heteroatoms. The average molecular weight is 1050 g/mol. The highest BCUT2D eigenvalue weighted by molar-refractivity contribution is 7.98. The first kappa shape index (κ1) is 63.2. The second-order valence-electron chi connectivity index (χ2n) is 19.0. The van der Waals surface area contributed by atoms with Crippen molar-refractivity contribution in [3.05, 3.63) is 35.9 Å². The van der Waals surface area contributed by atoms with Gasteiger partial charge in [-0.3, -0.25) is 43.2 Å². The fourth-order valence-corrected chi connectivity index (χ4v) is 8.45. The van der Waals surface area contributed by atoms with E-state index in [-0.39, 0.29) is 51.1 Å². The molecule has 0 aromatic heterocycles. The van der Waals surface area contributed by atoms with Gasteiger partial charge in [0, 0.05) is 13.0 Å². The predicted octanol–water partition coefficient (Wildman–Crippen LogP) is -2.15. The Bertz CT molecular complexity index is 2030. The number of thioether (sulfide) groups is 1. The number of nitrogens with one attached hydrogen (secondary N) is 7. The summed E-state index contributed by atoms with van der Waals surface area (Å²) < 4.78 is 0. The zero-order chi connectivity index (χ0) is 55.1. The van der Waals surface area contributed by atoms with Crippen LogP contribution in [0, 0.1) is 11.8 Å². The maximum atomic E-state index is 14.1. The molecule has 0 radical (unpaired) electrons. The molecule has 0 aliphatic carbocycles. The molecule has 8 amide bonds. The van der Waals surface area contributed by atoms with E-state index in [4.69, 9.17) is 11.5 Å². The minimum absolute atomic E-state index is 0.0914. The van der Waals surface area contributed by atoms with Gasteiger partial charge in [0.2, 0.25) is 47.3 Å². The van der Waals surface area contributed by atoms with Crippen LogP contribution in [-0.4, -0.2) is 176 Å². The van der Waals surface area contributed by atoms with E-state index >= 15 is 0 Å². The number of aliphatic hydroxyl groups is 2. The van der Waals surface area contributed by atoms with Crippen LogP contribution in [0.25, 0.3) is 0 Å². The predicted molar refractivity (Wildman–Crippen MR) is 270 cm³/mol. The number of carbonyl (C=O) groups excluding carboxylic acids is 8. The zero-order valence-electron chi connectivity index (χ0n) is 42.8. The quantitative estimate of drug-likeness (QED) is 0.0342. The van der Waals surface area contributed by atoms with Gasteiger partial charge >= 0.3 is 11.9 Å². The third-order valence-corrected chi connectivity index (χ3v) is 12.6. The van der Waals surface area contributed by atoms with Crippen molar-refractivity contribution in [2.75, 3.05) is 25.1 Å². The Balaban J connectivity index is 2.37. The number of benzene rings is 1. The Hall–Kier alpha value is -5.89. The normalized spacial score (nSPS) is 17.5. The highest BCUT2D eigenvalue weighted by Crippen LogP contribution is 2.21. The average Bonchev–Trinajstić information content (AvgIpc) is 3.81. The highest BCUT2D eigenvalue weighted by atomic mass is 32.2. The van der Waals surface area contributed by atoms with E-state index in [1.165, 1.54) is 16.7 Å². The Morgan fingerprint density at radius 1 is 0.671 bits per heavy atom. The first-order valence-corrected chi connectivity index (χ1v) is 25.9. The van der Waals surface area contributed by atoms with E-state index in [9.17, 15) is 68.4 Å². The van der Waals surface area contributed by atoms with Crippen LogP contribution < -0.4 is 48.7 Å². The van der Waals surface area contributed by atoms with E-state index in [0.29, 0.717) is 30.6 Å². The second-order valence-corrected chi connectivity index (χ2v) is 20.0.